The predicted molar refractivity (Wildman–Crippen MR) is 86.0 cm³/mol. The van der Waals surface area contributed by atoms with E-state index in [0.29, 0.717) is 17.2 Å². The lowest BCUT2D eigenvalue weighted by molar-refractivity contribution is -0.125. The van der Waals surface area contributed by atoms with Crippen LogP contribution in [0.5, 0.6) is 5.75 Å². The molecule has 0 aromatic heterocycles. The zero-order valence-electron chi connectivity index (χ0n) is 12.1. The normalized spacial score (nSPS) is 11.8. The van der Waals surface area contributed by atoms with Crippen molar-refractivity contribution in [3.05, 3.63) is 59.6 Å². The molecule has 0 saturated heterocycles. The van der Waals surface area contributed by atoms with Crippen LogP contribution >= 0.6 is 11.6 Å². The van der Waals surface area contributed by atoms with Crippen molar-refractivity contribution in [2.75, 3.05) is 11.9 Å². The Balaban J connectivity index is 2.14. The number of ether oxygens (including phenoxy) is 1. The maximum atomic E-state index is 12.5. The summed E-state index contributed by atoms with van der Waals surface area (Å²) in [7, 11) is 1.75. The van der Waals surface area contributed by atoms with E-state index >= 15 is 0 Å². The number of hydrogen-bond acceptors (Lipinski definition) is 2. The van der Waals surface area contributed by atoms with Gasteiger partial charge in [0.05, 0.1) is 5.02 Å². The molecule has 0 unspecified atom stereocenters. The molecule has 2 aromatic carbocycles. The molecule has 4 heteroatoms. The number of likely N-dealkylation sites (N-methyl/N-ethyl adjacent to an activating group) is 1. The van der Waals surface area contributed by atoms with Gasteiger partial charge in [-0.05, 0) is 30.7 Å². The van der Waals surface area contributed by atoms with Crippen LogP contribution in [0.1, 0.15) is 13.3 Å². The molecule has 2 aromatic rings. The molecule has 0 bridgehead atoms. The highest BCUT2D eigenvalue weighted by molar-refractivity contribution is 6.32. The van der Waals surface area contributed by atoms with Gasteiger partial charge in [-0.1, -0.05) is 48.9 Å². The minimum absolute atomic E-state index is 0.0939. The van der Waals surface area contributed by atoms with Gasteiger partial charge in [-0.15, -0.1) is 0 Å². The van der Waals surface area contributed by atoms with Gasteiger partial charge in [-0.3, -0.25) is 4.79 Å². The van der Waals surface area contributed by atoms with Crippen molar-refractivity contribution in [2.45, 2.75) is 19.4 Å². The van der Waals surface area contributed by atoms with Gasteiger partial charge in [0.25, 0.3) is 5.91 Å². The van der Waals surface area contributed by atoms with Gasteiger partial charge in [0.2, 0.25) is 0 Å². The third-order valence-corrected chi connectivity index (χ3v) is 3.54. The van der Waals surface area contributed by atoms with Crippen LogP contribution in [-0.4, -0.2) is 19.1 Å². The number of anilines is 1. The number of carbonyl (C=O) groups excluding carboxylic acids is 1. The highest BCUT2D eigenvalue weighted by Crippen LogP contribution is 2.25. The van der Waals surface area contributed by atoms with Gasteiger partial charge in [0.1, 0.15) is 5.75 Å². The van der Waals surface area contributed by atoms with E-state index in [9.17, 15) is 4.79 Å². The second-order valence-corrected chi connectivity index (χ2v) is 5.09. The summed E-state index contributed by atoms with van der Waals surface area (Å²) in [5.74, 6) is 0.435. The molecule has 0 aliphatic rings. The van der Waals surface area contributed by atoms with Crippen LogP contribution in [0.25, 0.3) is 0 Å². The Morgan fingerprint density at radius 3 is 2.38 bits per heavy atom. The molecule has 0 fully saturated rings. The summed E-state index contributed by atoms with van der Waals surface area (Å²) in [6.45, 7) is 1.91. The van der Waals surface area contributed by atoms with Crippen LogP contribution < -0.4 is 9.64 Å². The van der Waals surface area contributed by atoms with Gasteiger partial charge in [0.15, 0.2) is 6.10 Å². The van der Waals surface area contributed by atoms with Crippen molar-refractivity contribution >= 4 is 23.2 Å². The van der Waals surface area contributed by atoms with E-state index in [2.05, 4.69) is 0 Å². The second-order valence-electron chi connectivity index (χ2n) is 4.68. The fraction of sp³-hybridized carbons (Fsp3) is 0.235. The Morgan fingerprint density at radius 1 is 1.14 bits per heavy atom. The summed E-state index contributed by atoms with van der Waals surface area (Å²) < 4.78 is 5.78. The Bertz CT molecular complexity index is 601. The smallest absolute Gasteiger partial charge is 0.267 e. The molecule has 0 aliphatic carbocycles. The molecule has 0 heterocycles. The van der Waals surface area contributed by atoms with E-state index in [1.54, 1.807) is 24.1 Å². The second kappa shape index (κ2) is 7.14. The SMILES string of the molecule is CC[C@H](Oc1ccccc1Cl)C(=O)N(C)c1ccccc1. The van der Waals surface area contributed by atoms with Gasteiger partial charge < -0.3 is 9.64 Å². The summed E-state index contributed by atoms with van der Waals surface area (Å²) in [4.78, 5) is 14.2. The first-order valence-corrected chi connectivity index (χ1v) is 7.25. The van der Waals surface area contributed by atoms with Crippen LogP contribution in [0.4, 0.5) is 5.69 Å². The van der Waals surface area contributed by atoms with Crippen molar-refractivity contribution in [3.63, 3.8) is 0 Å². The van der Waals surface area contributed by atoms with Gasteiger partial charge in [-0.2, -0.15) is 0 Å². The largest absolute Gasteiger partial charge is 0.479 e. The number of benzene rings is 2. The number of carbonyl (C=O) groups is 1. The highest BCUT2D eigenvalue weighted by Gasteiger charge is 2.23. The van der Waals surface area contributed by atoms with Crippen LogP contribution in [0.15, 0.2) is 54.6 Å². The zero-order chi connectivity index (χ0) is 15.2. The number of rotatable bonds is 5. The van der Waals surface area contributed by atoms with Crippen molar-refractivity contribution < 1.29 is 9.53 Å². The van der Waals surface area contributed by atoms with Gasteiger partial charge in [0, 0.05) is 12.7 Å². The van der Waals surface area contributed by atoms with E-state index in [0.717, 1.165) is 5.69 Å². The molecule has 0 saturated carbocycles. The maximum Gasteiger partial charge on any atom is 0.267 e. The Labute approximate surface area is 130 Å². The van der Waals surface area contributed by atoms with E-state index in [-0.39, 0.29) is 5.91 Å². The molecular formula is C17H18ClNO2. The third kappa shape index (κ3) is 3.76. The Hall–Kier alpha value is -2.00. The number of halogens is 1. The summed E-state index contributed by atoms with van der Waals surface area (Å²) in [6, 6.07) is 16.7. The molecule has 0 radical (unpaired) electrons. The molecule has 2 rings (SSSR count). The van der Waals surface area contributed by atoms with Crippen molar-refractivity contribution in [1.82, 2.24) is 0 Å². The fourth-order valence-electron chi connectivity index (χ4n) is 2.00. The summed E-state index contributed by atoms with van der Waals surface area (Å²) >= 11 is 6.08. The zero-order valence-corrected chi connectivity index (χ0v) is 12.9. The Kier molecular flexibility index (Phi) is 5.23. The molecule has 110 valence electrons. The quantitative estimate of drug-likeness (QED) is 0.830. The van der Waals surface area contributed by atoms with E-state index in [1.165, 1.54) is 0 Å². The van der Waals surface area contributed by atoms with Crippen LogP contribution in [0.2, 0.25) is 5.02 Å². The third-order valence-electron chi connectivity index (χ3n) is 3.23. The van der Waals surface area contributed by atoms with Crippen LogP contribution in [-0.2, 0) is 4.79 Å². The summed E-state index contributed by atoms with van der Waals surface area (Å²) in [5, 5.41) is 0.506. The monoisotopic (exact) mass is 303 g/mol. The van der Waals surface area contributed by atoms with Gasteiger partial charge in [-0.25, -0.2) is 0 Å². The molecule has 0 N–H and O–H groups in total. The van der Waals surface area contributed by atoms with Crippen molar-refractivity contribution in [1.29, 1.82) is 0 Å². The topological polar surface area (TPSA) is 29.5 Å². The molecule has 21 heavy (non-hydrogen) atoms. The van der Waals surface area contributed by atoms with E-state index < -0.39 is 6.10 Å². The van der Waals surface area contributed by atoms with Crippen molar-refractivity contribution in [3.8, 4) is 5.75 Å². The first-order chi connectivity index (χ1) is 10.1. The van der Waals surface area contributed by atoms with Crippen molar-refractivity contribution in [2.24, 2.45) is 0 Å². The molecule has 1 atom stereocenters. The summed E-state index contributed by atoms with van der Waals surface area (Å²) in [6.07, 6.45) is 0.0106. The standard InChI is InChI=1S/C17H18ClNO2/c1-3-15(21-16-12-8-7-11-14(16)18)17(20)19(2)13-9-5-4-6-10-13/h4-12,15H,3H2,1-2H3/t15-/m0/s1. The Morgan fingerprint density at radius 2 is 1.76 bits per heavy atom. The number of amides is 1. The lowest BCUT2D eigenvalue weighted by Gasteiger charge is -2.24. The van der Waals surface area contributed by atoms with E-state index in [4.69, 9.17) is 16.3 Å². The van der Waals surface area contributed by atoms with Gasteiger partial charge >= 0.3 is 0 Å². The van der Waals surface area contributed by atoms with E-state index in [1.807, 2.05) is 49.4 Å². The molecule has 0 aliphatic heterocycles. The molecule has 0 spiro atoms. The fourth-order valence-corrected chi connectivity index (χ4v) is 2.18. The molecular weight excluding hydrogens is 286 g/mol. The summed E-state index contributed by atoms with van der Waals surface area (Å²) in [5.41, 5.74) is 0.837. The minimum Gasteiger partial charge on any atom is -0.479 e. The molecule has 1 amide bonds. The number of nitrogens with zero attached hydrogens (tertiary/aromatic N) is 1. The predicted octanol–water partition coefficient (Wildman–Crippen LogP) is 4.16. The minimum atomic E-state index is -0.560. The highest BCUT2D eigenvalue weighted by atomic mass is 35.5. The lowest BCUT2D eigenvalue weighted by Crippen LogP contribution is -2.39. The van der Waals surface area contributed by atoms with Crippen LogP contribution in [0, 0.1) is 0 Å². The lowest BCUT2D eigenvalue weighted by atomic mass is 10.2. The first-order valence-electron chi connectivity index (χ1n) is 6.87. The number of hydrogen-bond donors (Lipinski definition) is 0. The molecule has 3 nitrogen and oxygen atoms in total. The maximum absolute atomic E-state index is 12.5. The average Bonchev–Trinajstić information content (AvgIpc) is 2.53. The average molecular weight is 304 g/mol. The first kappa shape index (κ1) is 15.4. The number of para-hydroxylation sites is 2. The van der Waals surface area contributed by atoms with Crippen LogP contribution in [0.3, 0.4) is 0 Å².